The van der Waals surface area contributed by atoms with Crippen LogP contribution >= 0.6 is 24.0 Å². The maximum Gasteiger partial charge on any atom is 0.193 e. The molecular weight excluding hydrogens is 463 g/mol. The van der Waals surface area contributed by atoms with Gasteiger partial charge < -0.3 is 20.3 Å². The molecule has 0 aromatic heterocycles. The molecule has 158 valence electrons. The Balaban J connectivity index is 0.00000392. The zero-order valence-electron chi connectivity index (χ0n) is 17.6. The lowest BCUT2D eigenvalue weighted by atomic mass is 9.88. The Morgan fingerprint density at radius 1 is 1.32 bits per heavy atom. The SMILES string of the molecule is C=CCCCN(C)C(=NC)NCC1(NC(C)c2ccccc2)CCOCC1.I. The van der Waals surface area contributed by atoms with Crippen LogP contribution < -0.4 is 10.6 Å². The molecule has 1 unspecified atom stereocenters. The minimum atomic E-state index is 0. The molecule has 2 N–H and O–H groups in total. The van der Waals surface area contributed by atoms with Crippen LogP contribution in [0.3, 0.4) is 0 Å². The summed E-state index contributed by atoms with van der Waals surface area (Å²) in [7, 11) is 3.94. The summed E-state index contributed by atoms with van der Waals surface area (Å²) in [6.07, 6.45) is 6.07. The highest BCUT2D eigenvalue weighted by Gasteiger charge is 2.34. The standard InChI is InChI=1S/C22H36N4O.HI/c1-5-6-10-15-26(4)21(23-3)24-18-22(13-16-27-17-14-22)25-19(2)20-11-8-7-9-12-20;/h5,7-9,11-12,19,25H,1,6,10,13-18H2,2-4H3,(H,23,24);1H. The van der Waals surface area contributed by atoms with E-state index in [1.807, 2.05) is 13.1 Å². The van der Waals surface area contributed by atoms with Crippen LogP contribution in [0, 0.1) is 0 Å². The summed E-state index contributed by atoms with van der Waals surface area (Å²) in [4.78, 5) is 6.66. The van der Waals surface area contributed by atoms with Gasteiger partial charge in [0, 0.05) is 52.0 Å². The van der Waals surface area contributed by atoms with Gasteiger partial charge in [0.1, 0.15) is 0 Å². The molecule has 1 aliphatic heterocycles. The monoisotopic (exact) mass is 500 g/mol. The summed E-state index contributed by atoms with van der Waals surface area (Å²) < 4.78 is 5.64. The fourth-order valence-corrected chi connectivity index (χ4v) is 3.63. The first kappa shape index (κ1) is 24.9. The van der Waals surface area contributed by atoms with E-state index in [-0.39, 0.29) is 29.5 Å². The van der Waals surface area contributed by atoms with Crippen molar-refractivity contribution >= 4 is 29.9 Å². The normalized spacial score (nSPS) is 17.3. The Bertz CT molecular complexity index is 587. The Labute approximate surface area is 188 Å². The van der Waals surface area contributed by atoms with Crippen LogP contribution in [0.5, 0.6) is 0 Å². The van der Waals surface area contributed by atoms with E-state index in [4.69, 9.17) is 4.74 Å². The Hall–Kier alpha value is -1.12. The number of aliphatic imine (C=N–C) groups is 1. The number of guanidine groups is 1. The number of benzene rings is 1. The lowest BCUT2D eigenvalue weighted by Gasteiger charge is -2.41. The molecular formula is C22H37IN4O. The van der Waals surface area contributed by atoms with E-state index in [0.29, 0.717) is 6.04 Å². The lowest BCUT2D eigenvalue weighted by molar-refractivity contribution is 0.0353. The van der Waals surface area contributed by atoms with Crippen molar-refractivity contribution in [3.63, 3.8) is 0 Å². The van der Waals surface area contributed by atoms with E-state index in [1.54, 1.807) is 0 Å². The average molecular weight is 500 g/mol. The van der Waals surface area contributed by atoms with E-state index in [9.17, 15) is 0 Å². The second kappa shape index (κ2) is 13.2. The summed E-state index contributed by atoms with van der Waals surface area (Å²) in [5, 5.41) is 7.49. The highest BCUT2D eigenvalue weighted by atomic mass is 127. The minimum absolute atomic E-state index is 0. The first-order chi connectivity index (χ1) is 13.1. The number of nitrogens with zero attached hydrogens (tertiary/aromatic N) is 2. The fourth-order valence-electron chi connectivity index (χ4n) is 3.63. The third kappa shape index (κ3) is 7.72. The predicted octanol–water partition coefficient (Wildman–Crippen LogP) is 3.98. The molecule has 5 nitrogen and oxygen atoms in total. The fraction of sp³-hybridized carbons (Fsp3) is 0.591. The number of hydrogen-bond donors (Lipinski definition) is 2. The van der Waals surface area contributed by atoms with Crippen LogP contribution in [0.1, 0.15) is 44.2 Å². The zero-order valence-corrected chi connectivity index (χ0v) is 19.9. The van der Waals surface area contributed by atoms with Crippen LogP contribution in [-0.2, 0) is 4.74 Å². The Morgan fingerprint density at radius 2 is 2.00 bits per heavy atom. The molecule has 1 heterocycles. The van der Waals surface area contributed by atoms with Crippen molar-refractivity contribution in [1.82, 2.24) is 15.5 Å². The molecule has 1 aliphatic rings. The lowest BCUT2D eigenvalue weighted by Crippen LogP contribution is -2.58. The Morgan fingerprint density at radius 3 is 2.61 bits per heavy atom. The molecule has 1 aromatic carbocycles. The molecule has 0 radical (unpaired) electrons. The number of hydrogen-bond acceptors (Lipinski definition) is 3. The summed E-state index contributed by atoms with van der Waals surface area (Å²) >= 11 is 0. The zero-order chi connectivity index (χ0) is 19.5. The van der Waals surface area contributed by atoms with Crippen molar-refractivity contribution in [1.29, 1.82) is 0 Å². The molecule has 1 saturated heterocycles. The molecule has 0 spiro atoms. The van der Waals surface area contributed by atoms with Gasteiger partial charge in [-0.2, -0.15) is 0 Å². The van der Waals surface area contributed by atoms with Crippen molar-refractivity contribution < 1.29 is 4.74 Å². The van der Waals surface area contributed by atoms with Crippen LogP contribution in [0.15, 0.2) is 48.0 Å². The average Bonchev–Trinajstić information content (AvgIpc) is 2.70. The molecule has 0 amide bonds. The molecule has 1 aromatic rings. The minimum Gasteiger partial charge on any atom is -0.381 e. The molecule has 1 fully saturated rings. The van der Waals surface area contributed by atoms with Crippen LogP contribution in [0.2, 0.25) is 0 Å². The quantitative estimate of drug-likeness (QED) is 0.177. The van der Waals surface area contributed by atoms with E-state index in [2.05, 4.69) is 71.4 Å². The predicted molar refractivity (Wildman–Crippen MR) is 130 cm³/mol. The van der Waals surface area contributed by atoms with Crippen LogP contribution in [0.25, 0.3) is 0 Å². The number of halogens is 1. The maximum atomic E-state index is 5.64. The Kier molecular flexibility index (Phi) is 11.7. The van der Waals surface area contributed by atoms with Crippen molar-refractivity contribution in [3.8, 4) is 0 Å². The topological polar surface area (TPSA) is 48.9 Å². The van der Waals surface area contributed by atoms with Gasteiger partial charge in [-0.05, 0) is 38.2 Å². The van der Waals surface area contributed by atoms with Gasteiger partial charge in [-0.1, -0.05) is 36.4 Å². The second-order valence-electron chi connectivity index (χ2n) is 7.42. The van der Waals surface area contributed by atoms with E-state index in [1.165, 1.54) is 5.56 Å². The molecule has 2 rings (SSSR count). The first-order valence-electron chi connectivity index (χ1n) is 10.0. The summed E-state index contributed by atoms with van der Waals surface area (Å²) in [5.74, 6) is 0.944. The number of unbranched alkanes of at least 4 members (excludes halogenated alkanes) is 1. The molecule has 1 atom stereocenters. The largest absolute Gasteiger partial charge is 0.381 e. The summed E-state index contributed by atoms with van der Waals surface area (Å²) in [5.41, 5.74) is 1.32. The van der Waals surface area contributed by atoms with Crippen molar-refractivity contribution in [2.45, 2.75) is 44.2 Å². The van der Waals surface area contributed by atoms with Crippen LogP contribution in [0.4, 0.5) is 0 Å². The van der Waals surface area contributed by atoms with E-state index in [0.717, 1.165) is 57.9 Å². The van der Waals surface area contributed by atoms with Gasteiger partial charge in [-0.15, -0.1) is 30.6 Å². The van der Waals surface area contributed by atoms with Gasteiger partial charge in [0.25, 0.3) is 0 Å². The third-order valence-corrected chi connectivity index (χ3v) is 5.33. The second-order valence-corrected chi connectivity index (χ2v) is 7.42. The number of rotatable bonds is 9. The molecule has 0 bridgehead atoms. The highest BCUT2D eigenvalue weighted by Crippen LogP contribution is 2.25. The van der Waals surface area contributed by atoms with E-state index < -0.39 is 0 Å². The molecule has 28 heavy (non-hydrogen) atoms. The van der Waals surface area contributed by atoms with Gasteiger partial charge in [0.05, 0.1) is 0 Å². The van der Waals surface area contributed by atoms with E-state index >= 15 is 0 Å². The van der Waals surface area contributed by atoms with Crippen molar-refractivity contribution in [3.05, 3.63) is 48.6 Å². The third-order valence-electron chi connectivity index (χ3n) is 5.33. The molecule has 0 aliphatic carbocycles. The maximum absolute atomic E-state index is 5.64. The molecule has 6 heteroatoms. The van der Waals surface area contributed by atoms with Gasteiger partial charge in [-0.25, -0.2) is 0 Å². The van der Waals surface area contributed by atoms with Gasteiger partial charge in [-0.3, -0.25) is 4.99 Å². The van der Waals surface area contributed by atoms with Crippen molar-refractivity contribution in [2.24, 2.45) is 4.99 Å². The summed E-state index contributed by atoms with van der Waals surface area (Å²) in [6.45, 7) is 9.43. The van der Waals surface area contributed by atoms with Gasteiger partial charge in [0.15, 0.2) is 5.96 Å². The first-order valence-corrected chi connectivity index (χ1v) is 10.0. The van der Waals surface area contributed by atoms with Crippen molar-refractivity contribution in [2.75, 3.05) is 40.4 Å². The summed E-state index contributed by atoms with van der Waals surface area (Å²) in [6, 6.07) is 10.9. The van der Waals surface area contributed by atoms with Gasteiger partial charge in [0.2, 0.25) is 0 Å². The molecule has 0 saturated carbocycles. The highest BCUT2D eigenvalue weighted by molar-refractivity contribution is 14.0. The number of allylic oxidation sites excluding steroid dienone is 1. The van der Waals surface area contributed by atoms with Crippen LogP contribution in [-0.4, -0.2) is 56.8 Å². The number of nitrogens with one attached hydrogen (secondary N) is 2. The number of ether oxygens (including phenoxy) is 1. The smallest absolute Gasteiger partial charge is 0.193 e. The van der Waals surface area contributed by atoms with Gasteiger partial charge >= 0.3 is 0 Å².